The van der Waals surface area contributed by atoms with Crippen LogP contribution in [0.3, 0.4) is 0 Å². The highest BCUT2D eigenvalue weighted by Gasteiger charge is 2.48. The van der Waals surface area contributed by atoms with E-state index in [4.69, 9.17) is 8.85 Å². The lowest BCUT2D eigenvalue weighted by Gasteiger charge is -2.45. The quantitative estimate of drug-likeness (QED) is 0.0683. The van der Waals surface area contributed by atoms with Crippen LogP contribution in [0.2, 0.25) is 24.2 Å². The van der Waals surface area contributed by atoms with Crippen LogP contribution in [0.25, 0.3) is 0 Å². The van der Waals surface area contributed by atoms with Crippen LogP contribution in [0.5, 0.6) is 0 Å². The zero-order valence-electron chi connectivity index (χ0n) is 26.9. The second-order valence-electron chi connectivity index (χ2n) is 11.6. The first-order valence-electron chi connectivity index (χ1n) is 16.9. The van der Waals surface area contributed by atoms with Crippen LogP contribution in [0, 0.1) is 0 Å². The zero-order chi connectivity index (χ0) is 27.8. The number of hydrogen-bond donors (Lipinski definition) is 0. The molecule has 0 heterocycles. The molecule has 0 spiro atoms. The summed E-state index contributed by atoms with van der Waals surface area (Å²) in [6.45, 7) is 21.0. The first kappa shape index (κ1) is 37.7. The number of rotatable bonds is 28. The van der Waals surface area contributed by atoms with Gasteiger partial charge in [-0.2, -0.15) is 11.8 Å². The molecule has 0 amide bonds. The SMILES string of the molecule is CCCCO[Si](CCCC)(CCCC)C(CCC)SC(CCC)[Si](CCCC)(CCCC)OCCCC. The summed E-state index contributed by atoms with van der Waals surface area (Å²) in [4.78, 5) is 1.46. The number of thioether (sulfide) groups is 1. The molecule has 0 rings (SSSR count). The molecular formula is C32H70O2SSi2. The largest absolute Gasteiger partial charge is 0.416 e. The van der Waals surface area contributed by atoms with Gasteiger partial charge >= 0.3 is 0 Å². The van der Waals surface area contributed by atoms with E-state index in [9.17, 15) is 0 Å². The summed E-state index contributed by atoms with van der Waals surface area (Å²) in [5, 5.41) is 0. The van der Waals surface area contributed by atoms with E-state index in [1.807, 2.05) is 0 Å². The Labute approximate surface area is 241 Å². The third-order valence-electron chi connectivity index (χ3n) is 8.19. The minimum Gasteiger partial charge on any atom is -0.416 e. The van der Waals surface area contributed by atoms with E-state index in [2.05, 4.69) is 67.2 Å². The first-order valence-corrected chi connectivity index (χ1v) is 22.7. The van der Waals surface area contributed by atoms with E-state index in [0.717, 1.165) is 23.0 Å². The predicted molar refractivity (Wildman–Crippen MR) is 177 cm³/mol. The van der Waals surface area contributed by atoms with Crippen molar-refractivity contribution >= 4 is 28.4 Å². The van der Waals surface area contributed by atoms with Crippen LogP contribution < -0.4 is 0 Å². The Morgan fingerprint density at radius 3 is 0.973 bits per heavy atom. The molecule has 2 nitrogen and oxygen atoms in total. The van der Waals surface area contributed by atoms with Crippen LogP contribution in [0.4, 0.5) is 0 Å². The van der Waals surface area contributed by atoms with Crippen molar-refractivity contribution < 1.29 is 8.85 Å². The minimum absolute atomic E-state index is 0.730. The summed E-state index contributed by atoms with van der Waals surface area (Å²) in [5.74, 6) is 0. The van der Waals surface area contributed by atoms with E-state index in [1.54, 1.807) is 0 Å². The van der Waals surface area contributed by atoms with E-state index in [-0.39, 0.29) is 0 Å². The van der Waals surface area contributed by atoms with Crippen LogP contribution in [0.1, 0.15) is 158 Å². The molecule has 0 aromatic rings. The van der Waals surface area contributed by atoms with Crippen molar-refractivity contribution in [3.05, 3.63) is 0 Å². The molecule has 0 fully saturated rings. The third-order valence-corrected chi connectivity index (χ3v) is 22.0. The average Bonchev–Trinajstić information content (AvgIpc) is 2.91. The summed E-state index contributed by atoms with van der Waals surface area (Å²) in [6.07, 6.45) is 20.8. The van der Waals surface area contributed by atoms with Crippen molar-refractivity contribution in [1.29, 1.82) is 0 Å². The molecule has 224 valence electrons. The fourth-order valence-electron chi connectivity index (χ4n) is 5.74. The zero-order valence-corrected chi connectivity index (χ0v) is 29.8. The second kappa shape index (κ2) is 24.5. The molecule has 5 heteroatoms. The van der Waals surface area contributed by atoms with Gasteiger partial charge in [-0.25, -0.2) is 0 Å². The topological polar surface area (TPSA) is 18.5 Å². The van der Waals surface area contributed by atoms with Crippen molar-refractivity contribution in [2.24, 2.45) is 0 Å². The Morgan fingerprint density at radius 1 is 0.432 bits per heavy atom. The summed E-state index contributed by atoms with van der Waals surface area (Å²) in [6, 6.07) is 5.50. The normalized spacial score (nSPS) is 14.3. The van der Waals surface area contributed by atoms with E-state index < -0.39 is 16.6 Å². The monoisotopic (exact) mass is 574 g/mol. The molecule has 0 saturated carbocycles. The molecular weight excluding hydrogens is 505 g/mol. The lowest BCUT2D eigenvalue weighted by molar-refractivity contribution is 0.283. The molecule has 0 bridgehead atoms. The predicted octanol–water partition coefficient (Wildman–Crippen LogP) is 11.9. The lowest BCUT2D eigenvalue weighted by atomic mass is 10.4. The van der Waals surface area contributed by atoms with E-state index in [0.29, 0.717) is 0 Å². The molecule has 0 aliphatic rings. The molecule has 0 aliphatic heterocycles. The maximum atomic E-state index is 7.23. The molecule has 0 aromatic carbocycles. The minimum atomic E-state index is -1.87. The molecule has 0 N–H and O–H groups in total. The van der Waals surface area contributed by atoms with Crippen LogP contribution >= 0.6 is 11.8 Å². The third kappa shape index (κ3) is 14.8. The van der Waals surface area contributed by atoms with Gasteiger partial charge in [0.1, 0.15) is 0 Å². The van der Waals surface area contributed by atoms with Crippen LogP contribution in [-0.4, -0.2) is 39.6 Å². The lowest BCUT2D eigenvalue weighted by Crippen LogP contribution is -2.54. The van der Waals surface area contributed by atoms with Gasteiger partial charge in [0.25, 0.3) is 0 Å². The van der Waals surface area contributed by atoms with Crippen molar-refractivity contribution in [3.8, 4) is 0 Å². The van der Waals surface area contributed by atoms with E-state index in [1.165, 1.54) is 127 Å². The number of unbranched alkanes of at least 4 members (excludes halogenated alkanes) is 6. The molecule has 0 radical (unpaired) electrons. The molecule has 0 saturated heterocycles. The first-order chi connectivity index (χ1) is 18.0. The maximum Gasteiger partial charge on any atom is 0.205 e. The summed E-state index contributed by atoms with van der Waals surface area (Å²) in [7, 11) is -3.73. The van der Waals surface area contributed by atoms with Crippen molar-refractivity contribution in [2.45, 2.75) is 192 Å². The van der Waals surface area contributed by atoms with Gasteiger partial charge in [0.15, 0.2) is 0 Å². The Bertz CT molecular complexity index is 433. The van der Waals surface area contributed by atoms with Gasteiger partial charge in [0.2, 0.25) is 16.6 Å². The standard InChI is InChI=1S/C32H70O2SSi2/c1-9-17-25-33-36(27-19-11-3,28-20-12-4)31(23-15-7)35-32(24-16-8)37(29-21-13-5,30-22-14-6)34-26-18-10-2/h31-32H,9-30H2,1-8H3. The molecule has 2 atom stereocenters. The van der Waals surface area contributed by atoms with Gasteiger partial charge in [0, 0.05) is 23.0 Å². The molecule has 0 aliphatic carbocycles. The average molecular weight is 575 g/mol. The fraction of sp³-hybridized carbons (Fsp3) is 1.00. The van der Waals surface area contributed by atoms with Crippen molar-refractivity contribution in [1.82, 2.24) is 0 Å². The van der Waals surface area contributed by atoms with Crippen LogP contribution in [-0.2, 0) is 8.85 Å². The smallest absolute Gasteiger partial charge is 0.205 e. The van der Waals surface area contributed by atoms with Gasteiger partial charge in [-0.15, -0.1) is 0 Å². The highest BCUT2D eigenvalue weighted by molar-refractivity contribution is 8.03. The molecule has 2 unspecified atom stereocenters. The maximum absolute atomic E-state index is 7.23. The van der Waals surface area contributed by atoms with Gasteiger partial charge in [0.05, 0.1) is 0 Å². The van der Waals surface area contributed by atoms with Crippen molar-refractivity contribution in [2.75, 3.05) is 13.2 Å². The Balaban J connectivity index is 6.46. The van der Waals surface area contributed by atoms with Crippen LogP contribution in [0.15, 0.2) is 0 Å². The van der Waals surface area contributed by atoms with Gasteiger partial charge in [-0.3, -0.25) is 0 Å². The van der Waals surface area contributed by atoms with Crippen molar-refractivity contribution in [3.63, 3.8) is 0 Å². The summed E-state index contributed by atoms with van der Waals surface area (Å²) >= 11 is 2.44. The Morgan fingerprint density at radius 2 is 0.730 bits per heavy atom. The summed E-state index contributed by atoms with van der Waals surface area (Å²) < 4.78 is 14.5. The Hall–Kier alpha value is 0.704. The molecule has 0 aromatic heterocycles. The van der Waals surface area contributed by atoms with E-state index >= 15 is 0 Å². The second-order valence-corrected chi connectivity index (χ2v) is 22.1. The van der Waals surface area contributed by atoms with Gasteiger partial charge in [-0.05, 0) is 49.9 Å². The Kier molecular flexibility index (Phi) is 25.0. The highest BCUT2D eigenvalue weighted by atomic mass is 32.2. The number of hydrogen-bond acceptors (Lipinski definition) is 3. The van der Waals surface area contributed by atoms with Gasteiger partial charge in [-0.1, -0.05) is 132 Å². The summed E-state index contributed by atoms with van der Waals surface area (Å²) in [5.41, 5.74) is 0. The highest BCUT2D eigenvalue weighted by Crippen LogP contribution is 2.44. The van der Waals surface area contributed by atoms with Gasteiger partial charge < -0.3 is 8.85 Å². The fourth-order valence-corrected chi connectivity index (χ4v) is 21.4. The molecule has 37 heavy (non-hydrogen) atoms.